The molecule has 3 aromatic heterocycles. The molecule has 0 aliphatic heterocycles. The van der Waals surface area contributed by atoms with E-state index in [1.54, 1.807) is 0 Å². The smallest absolute Gasteiger partial charge is 0.543 e. The van der Waals surface area contributed by atoms with Crippen molar-refractivity contribution in [3.8, 4) is 17.2 Å². The Kier molecular flexibility index (Phi) is 19.5. The molecule has 0 aromatic carbocycles. The fourth-order valence-corrected chi connectivity index (χ4v) is 2.50. The third-order valence-electron chi connectivity index (χ3n) is 4.36. The predicted molar refractivity (Wildman–Crippen MR) is 118 cm³/mol. The van der Waals surface area contributed by atoms with E-state index in [0.717, 1.165) is 36.4 Å². The summed E-state index contributed by atoms with van der Waals surface area (Å²) in [6.45, 7) is 0. The van der Waals surface area contributed by atoms with Gasteiger partial charge in [-0.25, -0.2) is 15.0 Å². The first-order chi connectivity index (χ1) is 19.6. The number of aromatic nitrogens is 3. The van der Waals surface area contributed by atoms with E-state index in [4.69, 9.17) is 0 Å². The number of hydrogen-bond donors (Lipinski definition) is 0. The molecule has 0 aliphatic rings. The standard InChI is InChI=1S/3C8H7NO5.2Tb/c3*1-14-4-2-5(7(10)11)9-6(3-4)8(12)13;;/h3*2-3H,1H3,(H,10,11)(H,12,13);;/q;;;2*+3/p-6. The summed E-state index contributed by atoms with van der Waals surface area (Å²) < 4.78 is 14.0. The van der Waals surface area contributed by atoms with E-state index in [-0.39, 0.29) is 94.5 Å². The van der Waals surface area contributed by atoms with Gasteiger partial charge in [0, 0.05) is 36.4 Å². The van der Waals surface area contributed by atoms with E-state index in [1.807, 2.05) is 0 Å². The van der Waals surface area contributed by atoms with Crippen molar-refractivity contribution in [3.63, 3.8) is 0 Å². The summed E-state index contributed by atoms with van der Waals surface area (Å²) >= 11 is 0. The van der Waals surface area contributed by atoms with Crippen molar-refractivity contribution >= 4 is 35.8 Å². The zero-order valence-electron chi connectivity index (χ0n) is 22.1. The van der Waals surface area contributed by atoms with Crippen LogP contribution in [0.3, 0.4) is 0 Å². The zero-order chi connectivity index (χ0) is 32.1. The third kappa shape index (κ3) is 13.7. The van der Waals surface area contributed by atoms with Gasteiger partial charge in [-0.2, -0.15) is 0 Å². The van der Waals surface area contributed by atoms with Gasteiger partial charge in [0.15, 0.2) is 0 Å². The minimum absolute atomic E-state index is 0. The van der Waals surface area contributed by atoms with Gasteiger partial charge in [-0.1, -0.05) is 0 Å². The second-order valence-corrected chi connectivity index (χ2v) is 7.06. The van der Waals surface area contributed by atoms with Gasteiger partial charge in [0.1, 0.15) is 17.2 Å². The molecule has 0 saturated carbocycles. The van der Waals surface area contributed by atoms with Crippen molar-refractivity contribution in [2.45, 2.75) is 0 Å². The van der Waals surface area contributed by atoms with Crippen LogP contribution in [0.25, 0.3) is 0 Å². The number of methoxy groups -OCH3 is 3. The number of carbonyl (C=O) groups excluding carboxylic acids is 6. The summed E-state index contributed by atoms with van der Waals surface area (Å²) in [6.07, 6.45) is 0. The Morgan fingerprint density at radius 2 is 0.545 bits per heavy atom. The van der Waals surface area contributed by atoms with Gasteiger partial charge in [0.25, 0.3) is 0 Å². The third-order valence-corrected chi connectivity index (χ3v) is 4.36. The molecule has 3 heterocycles. The first-order valence-corrected chi connectivity index (χ1v) is 10.6. The van der Waals surface area contributed by atoms with Gasteiger partial charge in [0.2, 0.25) is 0 Å². The summed E-state index contributed by atoms with van der Waals surface area (Å²) in [6, 6.07) is 6.34. The first kappa shape index (κ1) is 42.4. The van der Waals surface area contributed by atoms with Gasteiger partial charge < -0.3 is 73.6 Å². The van der Waals surface area contributed by atoms with E-state index in [9.17, 15) is 59.4 Å². The van der Waals surface area contributed by atoms with E-state index in [1.165, 1.54) is 21.3 Å². The second kappa shape index (κ2) is 20.2. The monoisotopic (exact) mass is 903 g/mol. The molecule has 0 radical (unpaired) electrons. The SMILES string of the molecule is COc1cc(C(=O)[O-])nc(C(=O)[O-])c1.COc1cc(C(=O)[O-])nc(C(=O)[O-])c1.COc1cc(C(=O)[O-])nc(C(=O)[O-])c1.[Tb+3].[Tb+3]. The number of pyridine rings is 3. The average Bonchev–Trinajstić information content (AvgIpc) is 2.96. The molecule has 3 rings (SSSR count). The van der Waals surface area contributed by atoms with Crippen LogP contribution in [0.4, 0.5) is 0 Å². The Labute approximate surface area is 307 Å². The van der Waals surface area contributed by atoms with Gasteiger partial charge >= 0.3 is 77.2 Å². The van der Waals surface area contributed by atoms with E-state index in [2.05, 4.69) is 29.2 Å². The molecule has 44 heavy (non-hydrogen) atoms. The normalized spacial score (nSPS) is 9.07. The zero-order valence-corrected chi connectivity index (χ0v) is 26.4. The molecule has 0 amide bonds. The van der Waals surface area contributed by atoms with Crippen LogP contribution in [0, 0.1) is 77.2 Å². The van der Waals surface area contributed by atoms with Gasteiger partial charge in [0.05, 0.1) is 91.3 Å². The number of hydrogen-bond acceptors (Lipinski definition) is 18. The van der Waals surface area contributed by atoms with Crippen molar-refractivity contribution in [1.82, 2.24) is 15.0 Å². The van der Waals surface area contributed by atoms with Gasteiger partial charge in [-0.3, -0.25) is 0 Å². The Hall–Kier alpha value is -3.76. The average molecular weight is 903 g/mol. The van der Waals surface area contributed by atoms with Crippen LogP contribution >= 0.6 is 0 Å². The molecular weight excluding hydrogens is 888 g/mol. The van der Waals surface area contributed by atoms with Crippen molar-refractivity contribution in [2.24, 2.45) is 0 Å². The van der Waals surface area contributed by atoms with Crippen LogP contribution in [-0.4, -0.2) is 72.1 Å². The molecule has 18 nitrogen and oxygen atoms in total. The largest absolute Gasteiger partial charge is 3.00 e. The van der Waals surface area contributed by atoms with Crippen LogP contribution < -0.4 is 44.8 Å². The van der Waals surface area contributed by atoms with Crippen LogP contribution in [0.15, 0.2) is 36.4 Å². The minimum Gasteiger partial charge on any atom is -0.543 e. The maximum absolute atomic E-state index is 10.4. The minimum atomic E-state index is -1.58. The van der Waals surface area contributed by atoms with E-state index in [0.29, 0.717) is 0 Å². The quantitative estimate of drug-likeness (QED) is 0.193. The number of ether oxygens (including phenoxy) is 3. The summed E-state index contributed by atoms with van der Waals surface area (Å²) in [4.78, 5) is 72.2. The topological polar surface area (TPSA) is 307 Å². The Bertz CT molecular complexity index is 1260. The molecule has 0 N–H and O–H groups in total. The van der Waals surface area contributed by atoms with Crippen LogP contribution in [0.5, 0.6) is 17.2 Å². The number of aromatic carboxylic acids is 6. The van der Waals surface area contributed by atoms with Crippen molar-refractivity contribution in [3.05, 3.63) is 70.6 Å². The summed E-state index contributed by atoms with van der Waals surface area (Å²) in [5.41, 5.74) is -3.06. The maximum Gasteiger partial charge on any atom is 3.00 e. The molecule has 0 bridgehead atoms. The number of nitrogens with zero attached hydrogens (tertiary/aromatic N) is 3. The van der Waals surface area contributed by atoms with E-state index < -0.39 is 70.0 Å². The first-order valence-electron chi connectivity index (χ1n) is 10.6. The summed E-state index contributed by atoms with van der Waals surface area (Å²) in [7, 11) is 3.81. The van der Waals surface area contributed by atoms with Gasteiger partial charge in [-0.15, -0.1) is 0 Å². The number of carboxylic acids is 6. The fourth-order valence-electron chi connectivity index (χ4n) is 2.50. The Morgan fingerprint density at radius 1 is 0.409 bits per heavy atom. The van der Waals surface area contributed by atoms with Crippen LogP contribution in [0.2, 0.25) is 0 Å². The van der Waals surface area contributed by atoms with Crippen LogP contribution in [0.1, 0.15) is 62.9 Å². The molecule has 20 heteroatoms. The number of carboxylic acid groups (broad SMARTS) is 6. The predicted octanol–water partition coefficient (Wildman–Crippen LogP) is -6.55. The van der Waals surface area contributed by atoms with Crippen molar-refractivity contribution in [1.29, 1.82) is 0 Å². The molecule has 3 aromatic rings. The summed E-state index contributed by atoms with van der Waals surface area (Å²) in [5.74, 6) is -9.26. The number of carbonyl (C=O) groups is 6. The van der Waals surface area contributed by atoms with Crippen molar-refractivity contribution in [2.75, 3.05) is 21.3 Å². The molecule has 0 spiro atoms. The maximum atomic E-state index is 10.4. The van der Waals surface area contributed by atoms with Crippen LogP contribution in [-0.2, 0) is 0 Å². The molecule has 0 saturated heterocycles. The fraction of sp³-hybridized carbons (Fsp3) is 0.125. The Morgan fingerprint density at radius 3 is 0.636 bits per heavy atom. The molecule has 0 aliphatic carbocycles. The number of rotatable bonds is 9. The molecule has 0 fully saturated rings. The molecular formula is C24H15N3O15Tb2. The van der Waals surface area contributed by atoms with Crippen molar-refractivity contribution < 1.29 is 151 Å². The summed E-state index contributed by atoms with van der Waals surface area (Å²) in [5, 5.41) is 62.4. The second-order valence-electron chi connectivity index (χ2n) is 7.06. The van der Waals surface area contributed by atoms with E-state index >= 15 is 0 Å². The molecule has 0 unspecified atom stereocenters. The molecule has 0 atom stereocenters. The Balaban J connectivity index is 0. The van der Waals surface area contributed by atoms with Gasteiger partial charge in [-0.05, 0) is 0 Å². The molecule has 234 valence electrons.